The molecule has 0 aliphatic heterocycles. The topological polar surface area (TPSA) is 84.9 Å². The third kappa shape index (κ3) is 7.10. The average molecular weight is 414 g/mol. The molecule has 162 valence electrons. The molecule has 6 nitrogen and oxygen atoms in total. The van der Waals surface area contributed by atoms with Gasteiger partial charge in [0, 0.05) is 11.6 Å². The van der Waals surface area contributed by atoms with Crippen molar-refractivity contribution in [2.75, 3.05) is 7.11 Å². The van der Waals surface area contributed by atoms with Crippen molar-refractivity contribution in [1.82, 2.24) is 5.32 Å². The summed E-state index contributed by atoms with van der Waals surface area (Å²) in [6.07, 6.45) is 0.266. The highest BCUT2D eigenvalue weighted by Gasteiger charge is 2.23. The van der Waals surface area contributed by atoms with Crippen molar-refractivity contribution in [1.29, 1.82) is 0 Å². The molecule has 0 aliphatic carbocycles. The van der Waals surface area contributed by atoms with Gasteiger partial charge in [-0.05, 0) is 50.8 Å². The average Bonchev–Trinajstić information content (AvgIpc) is 2.66. The summed E-state index contributed by atoms with van der Waals surface area (Å²) in [6, 6.07) is 15.4. The minimum atomic E-state index is -0.891. The Morgan fingerprint density at radius 3 is 2.27 bits per heavy atom. The first kappa shape index (κ1) is 23.3. The van der Waals surface area contributed by atoms with Crippen molar-refractivity contribution in [3.8, 4) is 16.9 Å². The second-order valence-electron chi connectivity index (χ2n) is 8.42. The first-order chi connectivity index (χ1) is 14.1. The lowest BCUT2D eigenvalue weighted by molar-refractivity contribution is -0.141. The van der Waals surface area contributed by atoms with Crippen LogP contribution in [0.15, 0.2) is 48.5 Å². The Balaban J connectivity index is 2.15. The number of para-hydroxylation sites is 1. The molecule has 30 heavy (non-hydrogen) atoms. The molecular formula is C24H31NO5. The van der Waals surface area contributed by atoms with Crippen LogP contribution < -0.4 is 10.1 Å². The number of methoxy groups -OCH3 is 1. The maximum atomic E-state index is 12.2. The zero-order valence-corrected chi connectivity index (χ0v) is 18.3. The lowest BCUT2D eigenvalue weighted by Crippen LogP contribution is -2.41. The number of benzene rings is 2. The first-order valence-corrected chi connectivity index (χ1v) is 10.0. The second-order valence-corrected chi connectivity index (χ2v) is 8.42. The van der Waals surface area contributed by atoms with Gasteiger partial charge < -0.3 is 19.9 Å². The van der Waals surface area contributed by atoms with Gasteiger partial charge in [-0.15, -0.1) is 0 Å². The van der Waals surface area contributed by atoms with Crippen molar-refractivity contribution < 1.29 is 24.2 Å². The van der Waals surface area contributed by atoms with Crippen molar-refractivity contribution in [3.05, 3.63) is 54.1 Å². The molecule has 0 heterocycles. The third-order valence-electron chi connectivity index (χ3n) is 4.63. The monoisotopic (exact) mass is 413 g/mol. The van der Waals surface area contributed by atoms with E-state index in [9.17, 15) is 14.7 Å². The summed E-state index contributed by atoms with van der Waals surface area (Å²) in [5.41, 5.74) is 2.39. The van der Waals surface area contributed by atoms with Crippen molar-refractivity contribution in [2.24, 2.45) is 5.92 Å². The van der Waals surface area contributed by atoms with Crippen LogP contribution >= 0.6 is 0 Å². The number of hydrogen-bond acceptors (Lipinski definition) is 4. The van der Waals surface area contributed by atoms with Crippen LogP contribution in [0.4, 0.5) is 4.79 Å². The summed E-state index contributed by atoms with van der Waals surface area (Å²) < 4.78 is 10.8. The number of carbonyl (C=O) groups is 2. The van der Waals surface area contributed by atoms with E-state index in [4.69, 9.17) is 9.47 Å². The van der Waals surface area contributed by atoms with E-state index in [1.54, 1.807) is 34.8 Å². The fraction of sp³-hybridized carbons (Fsp3) is 0.417. The van der Waals surface area contributed by atoms with Crippen molar-refractivity contribution in [3.63, 3.8) is 0 Å². The molecule has 0 radical (unpaired) electrons. The Kier molecular flexibility index (Phi) is 7.86. The molecule has 0 saturated heterocycles. The van der Waals surface area contributed by atoms with Gasteiger partial charge in [0.15, 0.2) is 0 Å². The van der Waals surface area contributed by atoms with Gasteiger partial charge in [-0.3, -0.25) is 4.79 Å². The van der Waals surface area contributed by atoms with E-state index in [0.717, 1.165) is 22.4 Å². The van der Waals surface area contributed by atoms with Gasteiger partial charge in [-0.25, -0.2) is 4.79 Å². The highest BCUT2D eigenvalue weighted by molar-refractivity contribution is 5.71. The minimum Gasteiger partial charge on any atom is -0.496 e. The van der Waals surface area contributed by atoms with Crippen LogP contribution in [0.3, 0.4) is 0 Å². The van der Waals surface area contributed by atoms with E-state index in [0.29, 0.717) is 12.8 Å². The summed E-state index contributed by atoms with van der Waals surface area (Å²) in [5.74, 6) is -0.680. The zero-order chi connectivity index (χ0) is 22.3. The van der Waals surface area contributed by atoms with Crippen LogP contribution in [0.2, 0.25) is 0 Å². The van der Waals surface area contributed by atoms with Gasteiger partial charge in [0.25, 0.3) is 0 Å². The van der Waals surface area contributed by atoms with Gasteiger partial charge in [0.2, 0.25) is 0 Å². The summed E-state index contributed by atoms with van der Waals surface area (Å²) in [6.45, 7) is 7.00. The lowest BCUT2D eigenvalue weighted by atomic mass is 9.95. The van der Waals surface area contributed by atoms with Crippen LogP contribution in [-0.2, 0) is 16.0 Å². The summed E-state index contributed by atoms with van der Waals surface area (Å²) in [5, 5.41) is 12.1. The molecule has 0 aliphatic rings. The van der Waals surface area contributed by atoms with Crippen LogP contribution in [-0.4, -0.2) is 35.9 Å². The number of aliphatic carboxylic acids is 1. The third-order valence-corrected chi connectivity index (χ3v) is 4.63. The zero-order valence-electron chi connectivity index (χ0n) is 18.3. The van der Waals surface area contributed by atoms with Crippen LogP contribution in [0.25, 0.3) is 11.1 Å². The molecule has 6 heteroatoms. The molecule has 2 atom stereocenters. The predicted molar refractivity (Wildman–Crippen MR) is 117 cm³/mol. The predicted octanol–water partition coefficient (Wildman–Crippen LogP) is 4.91. The molecule has 0 aromatic heterocycles. The highest BCUT2D eigenvalue weighted by Crippen LogP contribution is 2.29. The van der Waals surface area contributed by atoms with Gasteiger partial charge in [-0.2, -0.15) is 0 Å². The van der Waals surface area contributed by atoms with E-state index in [2.05, 4.69) is 5.32 Å². The number of hydrogen-bond donors (Lipinski definition) is 2. The van der Waals surface area contributed by atoms with E-state index in [1.165, 1.54) is 0 Å². The van der Waals surface area contributed by atoms with E-state index >= 15 is 0 Å². The van der Waals surface area contributed by atoms with E-state index in [1.807, 2.05) is 48.5 Å². The lowest BCUT2D eigenvalue weighted by Gasteiger charge is -2.25. The number of nitrogens with one attached hydrogen (secondary N) is 1. The molecule has 2 N–H and O–H groups in total. The maximum Gasteiger partial charge on any atom is 0.407 e. The molecule has 1 amide bonds. The molecule has 2 rings (SSSR count). The van der Waals surface area contributed by atoms with E-state index in [-0.39, 0.29) is 6.04 Å². The van der Waals surface area contributed by atoms with Crippen LogP contribution in [0.5, 0.6) is 5.75 Å². The number of amides is 1. The highest BCUT2D eigenvalue weighted by atomic mass is 16.6. The number of alkyl carbamates (subject to hydrolysis) is 1. The van der Waals surface area contributed by atoms with Crippen molar-refractivity contribution in [2.45, 2.75) is 52.2 Å². The Morgan fingerprint density at radius 2 is 1.70 bits per heavy atom. The Hall–Kier alpha value is -3.02. The molecule has 1 unspecified atom stereocenters. The summed E-state index contributed by atoms with van der Waals surface area (Å²) in [7, 11) is 1.64. The second kappa shape index (κ2) is 10.1. The number of carboxylic acids is 1. The first-order valence-electron chi connectivity index (χ1n) is 10.0. The van der Waals surface area contributed by atoms with E-state index < -0.39 is 23.6 Å². The Labute approximate surface area is 178 Å². The Bertz CT molecular complexity index is 855. The number of carboxylic acid groups (broad SMARTS) is 1. The summed E-state index contributed by atoms with van der Waals surface area (Å²) >= 11 is 0. The number of ether oxygens (including phenoxy) is 2. The Morgan fingerprint density at radius 1 is 1.07 bits per heavy atom. The fourth-order valence-corrected chi connectivity index (χ4v) is 3.18. The molecule has 2 aromatic carbocycles. The maximum absolute atomic E-state index is 12.2. The minimum absolute atomic E-state index is 0.308. The molecule has 0 saturated carbocycles. The smallest absolute Gasteiger partial charge is 0.407 e. The molecule has 0 bridgehead atoms. The molecule has 0 spiro atoms. The fourth-order valence-electron chi connectivity index (χ4n) is 3.18. The summed E-state index contributed by atoms with van der Waals surface area (Å²) in [4.78, 5) is 23.5. The molecule has 0 fully saturated rings. The van der Waals surface area contributed by atoms with Crippen LogP contribution in [0, 0.1) is 5.92 Å². The van der Waals surface area contributed by atoms with Crippen LogP contribution in [0.1, 0.15) is 39.7 Å². The van der Waals surface area contributed by atoms with Gasteiger partial charge >= 0.3 is 12.1 Å². The van der Waals surface area contributed by atoms with Crippen molar-refractivity contribution >= 4 is 12.1 Å². The van der Waals surface area contributed by atoms with Gasteiger partial charge in [0.1, 0.15) is 11.4 Å². The quantitative estimate of drug-likeness (QED) is 0.642. The number of carbonyl (C=O) groups excluding carboxylic acids is 1. The number of rotatable bonds is 8. The standard InChI is InChI=1S/C24H31NO5/c1-16(22(26)27)14-19(25-23(28)30-24(2,3)4)15-17-10-12-18(13-11-17)20-8-6-7-9-21(20)29-5/h6-13,16,19H,14-15H2,1-5H3,(H,25,28)(H,26,27)/t16-,19?/m0/s1. The van der Waals surface area contributed by atoms with Gasteiger partial charge in [0.05, 0.1) is 13.0 Å². The largest absolute Gasteiger partial charge is 0.496 e. The molecule has 2 aromatic rings. The van der Waals surface area contributed by atoms with Gasteiger partial charge in [-0.1, -0.05) is 49.4 Å². The molecular weight excluding hydrogens is 382 g/mol. The SMILES string of the molecule is COc1ccccc1-c1ccc(CC(C[C@H](C)C(=O)O)NC(=O)OC(C)(C)C)cc1. The normalized spacial score (nSPS) is 13.2.